The molecule has 1 aromatic heterocycles. The molecule has 1 aromatic carbocycles. The third kappa shape index (κ3) is 1.96. The van der Waals surface area contributed by atoms with Crippen LogP contribution in [0.1, 0.15) is 17.0 Å². The van der Waals surface area contributed by atoms with Crippen LogP contribution in [-0.4, -0.2) is 28.1 Å². The minimum absolute atomic E-state index is 0.00220. The van der Waals surface area contributed by atoms with Gasteiger partial charge >= 0.3 is 0 Å². The van der Waals surface area contributed by atoms with E-state index in [9.17, 15) is 5.11 Å². The topological polar surface area (TPSA) is 56.5 Å². The van der Waals surface area contributed by atoms with Crippen molar-refractivity contribution in [1.29, 1.82) is 0 Å². The number of ether oxygens (including phenoxy) is 2. The molecule has 0 saturated heterocycles. The number of nitrogens with zero attached hydrogens (tertiary/aromatic N) is 2. The first-order valence-corrected chi connectivity index (χ1v) is 6.26. The Morgan fingerprint density at radius 3 is 2.63 bits per heavy atom. The van der Waals surface area contributed by atoms with Crippen LogP contribution in [0.25, 0.3) is 5.69 Å². The van der Waals surface area contributed by atoms with Crippen molar-refractivity contribution in [3.63, 3.8) is 0 Å². The number of benzene rings is 1. The maximum Gasteiger partial charge on any atom is 0.163 e. The first-order valence-electron chi connectivity index (χ1n) is 6.26. The van der Waals surface area contributed by atoms with E-state index >= 15 is 0 Å². The Balaban J connectivity index is 2.07. The summed E-state index contributed by atoms with van der Waals surface area (Å²) in [7, 11) is 0. The Labute approximate surface area is 111 Å². The minimum atomic E-state index is 0.00220. The smallest absolute Gasteiger partial charge is 0.163 e. The molecule has 100 valence electrons. The summed E-state index contributed by atoms with van der Waals surface area (Å²) in [5, 5.41) is 13.8. The predicted molar refractivity (Wildman–Crippen MR) is 70.0 cm³/mol. The van der Waals surface area contributed by atoms with Gasteiger partial charge in [0.05, 0.1) is 18.0 Å². The Morgan fingerprint density at radius 1 is 1.21 bits per heavy atom. The lowest BCUT2D eigenvalue weighted by atomic mass is 10.2. The molecule has 0 fully saturated rings. The molecule has 0 saturated carbocycles. The van der Waals surface area contributed by atoms with Gasteiger partial charge in [-0.15, -0.1) is 0 Å². The molecule has 0 unspecified atom stereocenters. The van der Waals surface area contributed by atoms with Gasteiger partial charge in [0.25, 0.3) is 0 Å². The normalized spacial score (nSPS) is 13.6. The van der Waals surface area contributed by atoms with E-state index in [-0.39, 0.29) is 6.61 Å². The van der Waals surface area contributed by atoms with Gasteiger partial charge in [-0.05, 0) is 26.0 Å². The largest absolute Gasteiger partial charge is 0.486 e. The van der Waals surface area contributed by atoms with Crippen molar-refractivity contribution >= 4 is 0 Å². The van der Waals surface area contributed by atoms with Gasteiger partial charge in [0.2, 0.25) is 0 Å². The molecule has 0 spiro atoms. The van der Waals surface area contributed by atoms with Crippen LogP contribution in [0.2, 0.25) is 0 Å². The van der Waals surface area contributed by atoms with E-state index in [1.807, 2.05) is 36.7 Å². The number of hydrogen-bond donors (Lipinski definition) is 1. The number of aryl methyl sites for hydroxylation is 1. The van der Waals surface area contributed by atoms with E-state index in [0.717, 1.165) is 34.1 Å². The summed E-state index contributed by atoms with van der Waals surface area (Å²) in [6.45, 7) is 4.99. The molecule has 5 heteroatoms. The van der Waals surface area contributed by atoms with Gasteiger partial charge in [0, 0.05) is 17.3 Å². The number of aliphatic hydroxyl groups is 1. The maximum atomic E-state index is 9.35. The Kier molecular flexibility index (Phi) is 2.91. The second-order valence-electron chi connectivity index (χ2n) is 4.55. The van der Waals surface area contributed by atoms with Crippen LogP contribution in [0.5, 0.6) is 11.5 Å². The van der Waals surface area contributed by atoms with Crippen LogP contribution in [0.3, 0.4) is 0 Å². The molecule has 0 amide bonds. The van der Waals surface area contributed by atoms with Gasteiger partial charge in [-0.3, -0.25) is 0 Å². The highest BCUT2D eigenvalue weighted by Gasteiger charge is 2.16. The lowest BCUT2D eigenvalue weighted by Gasteiger charge is -2.19. The molecule has 0 bridgehead atoms. The highest BCUT2D eigenvalue weighted by molar-refractivity contribution is 5.50. The van der Waals surface area contributed by atoms with Crippen molar-refractivity contribution in [2.75, 3.05) is 13.2 Å². The molecule has 2 heterocycles. The third-order valence-corrected chi connectivity index (χ3v) is 3.37. The van der Waals surface area contributed by atoms with Crippen LogP contribution in [-0.2, 0) is 6.61 Å². The van der Waals surface area contributed by atoms with Gasteiger partial charge in [-0.2, -0.15) is 5.10 Å². The molecule has 1 N–H and O–H groups in total. The highest BCUT2D eigenvalue weighted by Crippen LogP contribution is 2.32. The second kappa shape index (κ2) is 4.59. The summed E-state index contributed by atoms with van der Waals surface area (Å²) in [4.78, 5) is 0. The fourth-order valence-corrected chi connectivity index (χ4v) is 2.32. The number of rotatable bonds is 2. The van der Waals surface area contributed by atoms with Crippen LogP contribution < -0.4 is 9.47 Å². The maximum absolute atomic E-state index is 9.35. The lowest BCUT2D eigenvalue weighted by molar-refractivity contribution is 0.171. The van der Waals surface area contributed by atoms with Crippen molar-refractivity contribution in [1.82, 2.24) is 9.78 Å². The summed E-state index contributed by atoms with van der Waals surface area (Å²) in [5.41, 5.74) is 3.56. The molecule has 0 aliphatic carbocycles. The van der Waals surface area contributed by atoms with Crippen molar-refractivity contribution in [2.45, 2.75) is 20.5 Å². The van der Waals surface area contributed by atoms with Crippen LogP contribution >= 0.6 is 0 Å². The monoisotopic (exact) mass is 260 g/mol. The van der Waals surface area contributed by atoms with Gasteiger partial charge < -0.3 is 14.6 Å². The van der Waals surface area contributed by atoms with Crippen LogP contribution in [0.4, 0.5) is 0 Å². The van der Waals surface area contributed by atoms with Crippen molar-refractivity contribution in [3.05, 3.63) is 35.2 Å². The fourth-order valence-electron chi connectivity index (χ4n) is 2.32. The average Bonchev–Trinajstić information content (AvgIpc) is 2.73. The van der Waals surface area contributed by atoms with E-state index in [4.69, 9.17) is 9.47 Å². The predicted octanol–water partition coefficient (Wildman–Crippen LogP) is 1.75. The SMILES string of the molecule is Cc1nn(-c2ccc3c(c2)OCCO3)c(C)c1CO. The van der Waals surface area contributed by atoms with Crippen LogP contribution in [0.15, 0.2) is 18.2 Å². The Bertz CT molecular complexity index is 619. The fraction of sp³-hybridized carbons (Fsp3) is 0.357. The van der Waals surface area contributed by atoms with Crippen molar-refractivity contribution in [3.8, 4) is 17.2 Å². The van der Waals surface area contributed by atoms with E-state index in [2.05, 4.69) is 5.10 Å². The molecule has 2 aromatic rings. The molecule has 0 atom stereocenters. The minimum Gasteiger partial charge on any atom is -0.486 e. The zero-order valence-electron chi connectivity index (χ0n) is 11.0. The quantitative estimate of drug-likeness (QED) is 0.893. The molecule has 3 rings (SSSR count). The number of aliphatic hydroxyl groups excluding tert-OH is 1. The summed E-state index contributed by atoms with van der Waals surface area (Å²) >= 11 is 0. The van der Waals surface area contributed by atoms with Crippen molar-refractivity contribution < 1.29 is 14.6 Å². The molecule has 0 radical (unpaired) electrons. The zero-order chi connectivity index (χ0) is 13.4. The molecule has 19 heavy (non-hydrogen) atoms. The molecule has 1 aliphatic rings. The van der Waals surface area contributed by atoms with E-state index in [0.29, 0.717) is 13.2 Å². The molecular formula is C14H16N2O3. The first-order chi connectivity index (χ1) is 9.20. The van der Waals surface area contributed by atoms with Gasteiger partial charge in [0.15, 0.2) is 11.5 Å². The van der Waals surface area contributed by atoms with Crippen molar-refractivity contribution in [2.24, 2.45) is 0 Å². The van der Waals surface area contributed by atoms with E-state index in [1.54, 1.807) is 0 Å². The number of hydrogen-bond acceptors (Lipinski definition) is 4. The summed E-state index contributed by atoms with van der Waals surface area (Å²) in [5.74, 6) is 1.50. The van der Waals surface area contributed by atoms with Gasteiger partial charge in [0.1, 0.15) is 13.2 Å². The second-order valence-corrected chi connectivity index (χ2v) is 4.55. The summed E-state index contributed by atoms with van der Waals surface area (Å²) < 4.78 is 12.9. The van der Waals surface area contributed by atoms with Crippen LogP contribution in [0, 0.1) is 13.8 Å². The summed E-state index contributed by atoms with van der Waals surface area (Å²) in [6.07, 6.45) is 0. The van der Waals surface area contributed by atoms with E-state index < -0.39 is 0 Å². The number of aromatic nitrogens is 2. The highest BCUT2D eigenvalue weighted by atomic mass is 16.6. The standard InChI is InChI=1S/C14H16N2O3/c1-9-12(8-17)10(2)16(15-9)11-3-4-13-14(7-11)19-6-5-18-13/h3-4,7,17H,5-6,8H2,1-2H3. The lowest BCUT2D eigenvalue weighted by Crippen LogP contribution is -2.15. The summed E-state index contributed by atoms with van der Waals surface area (Å²) in [6, 6.07) is 5.74. The zero-order valence-corrected chi connectivity index (χ0v) is 11.0. The average molecular weight is 260 g/mol. The van der Waals surface area contributed by atoms with Gasteiger partial charge in [-0.1, -0.05) is 0 Å². The molecule has 1 aliphatic heterocycles. The van der Waals surface area contributed by atoms with E-state index in [1.165, 1.54) is 0 Å². The molecule has 5 nitrogen and oxygen atoms in total. The first kappa shape index (κ1) is 12.0. The Morgan fingerprint density at radius 2 is 1.95 bits per heavy atom. The number of fused-ring (bicyclic) bond motifs is 1. The molecular weight excluding hydrogens is 244 g/mol. The third-order valence-electron chi connectivity index (χ3n) is 3.37. The van der Waals surface area contributed by atoms with Gasteiger partial charge in [-0.25, -0.2) is 4.68 Å². The Hall–Kier alpha value is -2.01.